The molecule has 0 aliphatic carbocycles. The van der Waals surface area contributed by atoms with Crippen molar-refractivity contribution in [1.29, 1.82) is 0 Å². The van der Waals surface area contributed by atoms with Crippen LogP contribution < -0.4 is 4.90 Å². The summed E-state index contributed by atoms with van der Waals surface area (Å²) in [6.45, 7) is 1.32. The third kappa shape index (κ3) is 6.65. The molecule has 43 heavy (non-hydrogen) atoms. The minimum Gasteiger partial charge on any atom is -0.445 e. The summed E-state index contributed by atoms with van der Waals surface area (Å²) in [5.74, 6) is -0.102. The highest BCUT2D eigenvalue weighted by Crippen LogP contribution is 2.29. The second kappa shape index (κ2) is 13.0. The number of halogens is 1. The van der Waals surface area contributed by atoms with E-state index in [0.717, 1.165) is 33.3 Å². The summed E-state index contributed by atoms with van der Waals surface area (Å²) < 4.78 is 5.50. The molecule has 6 rings (SSSR count). The van der Waals surface area contributed by atoms with Crippen LogP contribution in [0.25, 0.3) is 22.2 Å². The average molecular weight is 592 g/mol. The lowest BCUT2D eigenvalue weighted by molar-refractivity contribution is -0.123. The van der Waals surface area contributed by atoms with Gasteiger partial charge in [0.25, 0.3) is 0 Å². The number of benzene rings is 3. The van der Waals surface area contributed by atoms with Crippen molar-refractivity contribution in [3.63, 3.8) is 0 Å². The maximum atomic E-state index is 14.0. The molecule has 0 spiro atoms. The average Bonchev–Trinajstić information content (AvgIpc) is 3.07. The minimum atomic E-state index is -0.373. The van der Waals surface area contributed by atoms with E-state index in [1.165, 1.54) is 12.4 Å². The highest BCUT2D eigenvalue weighted by molar-refractivity contribution is 6.32. The monoisotopic (exact) mass is 591 g/mol. The third-order valence-corrected chi connectivity index (χ3v) is 7.90. The molecule has 0 radical (unpaired) electrons. The van der Waals surface area contributed by atoms with Crippen LogP contribution in [0.4, 0.5) is 10.6 Å². The van der Waals surface area contributed by atoms with Crippen LogP contribution in [0, 0.1) is 5.92 Å². The number of hydrogen-bond acceptors (Lipinski definition) is 6. The fourth-order valence-electron chi connectivity index (χ4n) is 5.31. The van der Waals surface area contributed by atoms with Crippen molar-refractivity contribution in [2.24, 2.45) is 5.92 Å². The molecule has 2 aromatic heterocycles. The van der Waals surface area contributed by atoms with Gasteiger partial charge >= 0.3 is 6.09 Å². The first-order valence-electron chi connectivity index (χ1n) is 14.2. The molecule has 1 saturated heterocycles. The van der Waals surface area contributed by atoms with Gasteiger partial charge < -0.3 is 9.64 Å². The predicted octanol–water partition coefficient (Wildman–Crippen LogP) is 6.93. The Labute approximate surface area is 254 Å². The first kappa shape index (κ1) is 28.3. The van der Waals surface area contributed by atoms with Crippen LogP contribution in [0.1, 0.15) is 24.0 Å². The fraction of sp³-hybridized carbons (Fsp3) is 0.206. The molecule has 3 heterocycles. The number of carbonyl (C=O) groups is 2. The van der Waals surface area contributed by atoms with Crippen molar-refractivity contribution in [2.45, 2.75) is 26.0 Å². The first-order chi connectivity index (χ1) is 21.0. The number of ether oxygens (including phenoxy) is 1. The van der Waals surface area contributed by atoms with Crippen LogP contribution in [-0.2, 0) is 22.7 Å². The Morgan fingerprint density at radius 1 is 0.860 bits per heavy atom. The predicted molar refractivity (Wildman–Crippen MR) is 166 cm³/mol. The number of anilines is 1. The van der Waals surface area contributed by atoms with Gasteiger partial charge in [-0.1, -0.05) is 90.5 Å². The van der Waals surface area contributed by atoms with Crippen molar-refractivity contribution in [3.8, 4) is 11.3 Å². The number of fused-ring (bicyclic) bond motifs is 1. The number of carbonyl (C=O) groups excluding carboxylic acids is 2. The van der Waals surface area contributed by atoms with Gasteiger partial charge in [-0.05, 0) is 36.1 Å². The molecule has 0 atom stereocenters. The molecule has 0 unspecified atom stereocenters. The molecule has 1 aliphatic rings. The molecule has 0 saturated carbocycles. The van der Waals surface area contributed by atoms with Crippen molar-refractivity contribution < 1.29 is 14.3 Å². The molecular weight excluding hydrogens is 562 g/mol. The van der Waals surface area contributed by atoms with Gasteiger partial charge in [0, 0.05) is 42.4 Å². The molecule has 216 valence electrons. The summed E-state index contributed by atoms with van der Waals surface area (Å²) in [5.41, 5.74) is 4.57. The summed E-state index contributed by atoms with van der Waals surface area (Å²) in [5, 5.41) is 1.16. The van der Waals surface area contributed by atoms with Crippen molar-refractivity contribution in [1.82, 2.24) is 19.9 Å². The van der Waals surface area contributed by atoms with Crippen molar-refractivity contribution in [3.05, 3.63) is 120 Å². The Balaban J connectivity index is 1.18. The molecule has 2 amide bonds. The number of nitrogens with zero attached hydrogens (tertiary/aromatic N) is 5. The van der Waals surface area contributed by atoms with Gasteiger partial charge in [-0.25, -0.2) is 19.7 Å². The summed E-state index contributed by atoms with van der Waals surface area (Å²) in [4.78, 5) is 43.4. The highest BCUT2D eigenvalue weighted by atomic mass is 35.5. The van der Waals surface area contributed by atoms with Gasteiger partial charge in [-0.2, -0.15) is 0 Å². The fourth-order valence-corrected chi connectivity index (χ4v) is 5.51. The molecule has 1 fully saturated rings. The van der Waals surface area contributed by atoms with Crippen LogP contribution >= 0.6 is 11.6 Å². The van der Waals surface area contributed by atoms with Crippen LogP contribution in [0.3, 0.4) is 0 Å². The Kier molecular flexibility index (Phi) is 8.56. The van der Waals surface area contributed by atoms with Gasteiger partial charge in [0.1, 0.15) is 6.61 Å². The van der Waals surface area contributed by atoms with Gasteiger partial charge in [0.15, 0.2) is 11.0 Å². The Hall–Kier alpha value is -4.82. The topological polar surface area (TPSA) is 88.5 Å². The SMILES string of the molecule is O=C(OCc1ccccc1)N1CCC(C(=O)N(Cc2ccc3ccc(-c4ccccc4)nc3c2)c2nccnc2Cl)CC1. The largest absolute Gasteiger partial charge is 0.445 e. The number of likely N-dealkylation sites (tertiary alicyclic amines) is 1. The zero-order valence-electron chi connectivity index (χ0n) is 23.5. The van der Waals surface area contributed by atoms with E-state index < -0.39 is 0 Å². The Morgan fingerprint density at radius 2 is 1.56 bits per heavy atom. The lowest BCUT2D eigenvalue weighted by atomic mass is 9.95. The van der Waals surface area contributed by atoms with E-state index in [-0.39, 0.29) is 36.2 Å². The van der Waals surface area contributed by atoms with Crippen LogP contribution in [-0.4, -0.2) is 44.9 Å². The number of hydrogen-bond donors (Lipinski definition) is 0. The summed E-state index contributed by atoms with van der Waals surface area (Å²) in [6.07, 6.45) is 3.67. The third-order valence-electron chi connectivity index (χ3n) is 7.63. The van der Waals surface area contributed by atoms with E-state index >= 15 is 0 Å². The van der Waals surface area contributed by atoms with Crippen LogP contribution in [0.5, 0.6) is 0 Å². The van der Waals surface area contributed by atoms with E-state index in [1.54, 1.807) is 9.80 Å². The van der Waals surface area contributed by atoms with Crippen molar-refractivity contribution >= 4 is 40.3 Å². The quantitative estimate of drug-likeness (QED) is 0.204. The maximum Gasteiger partial charge on any atom is 0.410 e. The minimum absolute atomic E-state index is 0.106. The van der Waals surface area contributed by atoms with E-state index in [4.69, 9.17) is 21.3 Å². The van der Waals surface area contributed by atoms with E-state index in [1.807, 2.05) is 84.9 Å². The summed E-state index contributed by atoms with van der Waals surface area (Å²) in [6, 6.07) is 29.6. The molecule has 0 N–H and O–H groups in total. The molecule has 1 aliphatic heterocycles. The van der Waals surface area contributed by atoms with Gasteiger partial charge in [0.05, 0.1) is 17.8 Å². The molecule has 5 aromatic rings. The zero-order valence-corrected chi connectivity index (χ0v) is 24.2. The summed E-state index contributed by atoms with van der Waals surface area (Å²) in [7, 11) is 0. The van der Waals surface area contributed by atoms with Crippen molar-refractivity contribution in [2.75, 3.05) is 18.0 Å². The normalized spacial score (nSPS) is 13.6. The Bertz CT molecular complexity index is 1730. The van der Waals surface area contributed by atoms with Crippen LogP contribution in [0.15, 0.2) is 103 Å². The maximum absolute atomic E-state index is 14.0. The van der Waals surface area contributed by atoms with Gasteiger partial charge in [0.2, 0.25) is 5.91 Å². The van der Waals surface area contributed by atoms with E-state index in [9.17, 15) is 9.59 Å². The highest BCUT2D eigenvalue weighted by Gasteiger charge is 2.33. The standard InChI is InChI=1S/C34H30ClN5O3/c35-31-32(37-18-17-36-31)40(22-25-11-12-27-13-14-29(38-30(27)21-25)26-9-5-2-6-10-26)33(41)28-15-19-39(20-16-28)34(42)43-23-24-7-3-1-4-8-24/h1-14,17-18,21,28H,15-16,19-20,22-23H2. The molecule has 8 nitrogen and oxygen atoms in total. The van der Waals surface area contributed by atoms with E-state index in [0.29, 0.717) is 31.7 Å². The second-order valence-electron chi connectivity index (χ2n) is 10.5. The number of rotatable bonds is 7. The Morgan fingerprint density at radius 3 is 2.30 bits per heavy atom. The molecular formula is C34H30ClN5O3. The second-order valence-corrected chi connectivity index (χ2v) is 10.8. The number of piperidine rings is 1. The van der Waals surface area contributed by atoms with E-state index in [2.05, 4.69) is 16.0 Å². The number of amides is 2. The zero-order chi connectivity index (χ0) is 29.6. The number of pyridine rings is 1. The smallest absolute Gasteiger partial charge is 0.410 e. The molecule has 0 bridgehead atoms. The van der Waals surface area contributed by atoms with Crippen LogP contribution in [0.2, 0.25) is 5.15 Å². The lowest BCUT2D eigenvalue weighted by Gasteiger charge is -2.33. The molecule has 3 aromatic carbocycles. The van der Waals surface area contributed by atoms with Gasteiger partial charge in [-0.15, -0.1) is 0 Å². The first-order valence-corrected chi connectivity index (χ1v) is 14.6. The molecule has 9 heteroatoms. The van der Waals surface area contributed by atoms with Gasteiger partial charge in [-0.3, -0.25) is 9.69 Å². The summed E-state index contributed by atoms with van der Waals surface area (Å²) >= 11 is 6.45. The lowest BCUT2D eigenvalue weighted by Crippen LogP contribution is -2.44. The number of aromatic nitrogens is 3.